The number of carbonyl (C=O) groups excluding carboxylic acids is 1. The first kappa shape index (κ1) is 19.9. The van der Waals surface area contributed by atoms with E-state index in [2.05, 4.69) is 18.8 Å². The maximum Gasteiger partial charge on any atom is 0.314 e. The van der Waals surface area contributed by atoms with Gasteiger partial charge in [0.15, 0.2) is 0 Å². The predicted octanol–water partition coefficient (Wildman–Crippen LogP) is 6.11. The normalized spacial score (nSPS) is 20.4. The van der Waals surface area contributed by atoms with Crippen LogP contribution in [0.5, 0.6) is 5.75 Å². The summed E-state index contributed by atoms with van der Waals surface area (Å²) in [4.78, 5) is 16.8. The van der Waals surface area contributed by atoms with E-state index >= 15 is 0 Å². The monoisotopic (exact) mass is 345 g/mol. The van der Waals surface area contributed by atoms with Crippen molar-refractivity contribution in [2.75, 3.05) is 0 Å². The quantitative estimate of drug-likeness (QED) is 0.379. The van der Waals surface area contributed by atoms with Crippen molar-refractivity contribution in [2.45, 2.75) is 90.9 Å². The van der Waals surface area contributed by atoms with Crippen molar-refractivity contribution < 1.29 is 9.53 Å². The lowest BCUT2D eigenvalue weighted by Crippen LogP contribution is -2.25. The number of ether oxygens (including phenoxy) is 1. The van der Waals surface area contributed by atoms with Crippen LogP contribution in [0.1, 0.15) is 90.2 Å². The largest absolute Gasteiger partial charge is 0.425 e. The molecule has 0 aliphatic heterocycles. The van der Waals surface area contributed by atoms with E-state index in [0.29, 0.717) is 5.75 Å². The molecule has 0 atom stereocenters. The smallest absolute Gasteiger partial charge is 0.314 e. The topological polar surface area (TPSA) is 39.2 Å². The summed E-state index contributed by atoms with van der Waals surface area (Å²) in [5.74, 6) is 1.41. The molecule has 1 aromatic heterocycles. The van der Waals surface area contributed by atoms with E-state index in [0.717, 1.165) is 30.9 Å². The van der Waals surface area contributed by atoms with Crippen molar-refractivity contribution in [1.82, 2.24) is 4.98 Å². The molecule has 0 saturated heterocycles. The van der Waals surface area contributed by atoms with Crippen molar-refractivity contribution in [3.63, 3.8) is 0 Å². The van der Waals surface area contributed by atoms with Crippen LogP contribution in [0.15, 0.2) is 18.3 Å². The summed E-state index contributed by atoms with van der Waals surface area (Å²) < 4.78 is 5.56. The molecule has 0 bridgehead atoms. The number of pyridine rings is 1. The van der Waals surface area contributed by atoms with E-state index in [4.69, 9.17) is 4.74 Å². The second-order valence-corrected chi connectivity index (χ2v) is 7.58. The zero-order valence-electron chi connectivity index (χ0n) is 16.1. The van der Waals surface area contributed by atoms with Gasteiger partial charge in [0.2, 0.25) is 0 Å². The number of rotatable bonds is 10. The SMILES string of the molecule is CCCCCCCc1ccc(OC(=O)[C@H]2CC[C@H](CCC)CC2)cn1. The van der Waals surface area contributed by atoms with Gasteiger partial charge in [0.25, 0.3) is 0 Å². The number of unbranched alkanes of at least 4 members (excludes halogenated alkanes) is 4. The lowest BCUT2D eigenvalue weighted by Gasteiger charge is -2.26. The Hall–Kier alpha value is -1.38. The zero-order valence-corrected chi connectivity index (χ0v) is 16.1. The highest BCUT2D eigenvalue weighted by atomic mass is 16.5. The number of nitrogens with zero attached hydrogens (tertiary/aromatic N) is 1. The molecule has 3 nitrogen and oxygen atoms in total. The van der Waals surface area contributed by atoms with Gasteiger partial charge in [-0.05, 0) is 56.6 Å². The average molecular weight is 346 g/mol. The summed E-state index contributed by atoms with van der Waals surface area (Å²) in [5, 5.41) is 0. The Morgan fingerprint density at radius 1 is 1.04 bits per heavy atom. The summed E-state index contributed by atoms with van der Waals surface area (Å²) >= 11 is 0. The van der Waals surface area contributed by atoms with E-state index in [9.17, 15) is 4.79 Å². The van der Waals surface area contributed by atoms with Crippen LogP contribution in [0.2, 0.25) is 0 Å². The van der Waals surface area contributed by atoms with Crippen LogP contribution in [0.3, 0.4) is 0 Å². The van der Waals surface area contributed by atoms with E-state index < -0.39 is 0 Å². The Balaban J connectivity index is 1.70. The molecule has 140 valence electrons. The van der Waals surface area contributed by atoms with Crippen LogP contribution in [0, 0.1) is 11.8 Å². The molecular formula is C22H35NO2. The molecule has 25 heavy (non-hydrogen) atoms. The van der Waals surface area contributed by atoms with Gasteiger partial charge in [0.1, 0.15) is 5.75 Å². The van der Waals surface area contributed by atoms with Gasteiger partial charge in [-0.25, -0.2) is 0 Å². The van der Waals surface area contributed by atoms with E-state index in [1.807, 2.05) is 12.1 Å². The van der Waals surface area contributed by atoms with Gasteiger partial charge in [-0.2, -0.15) is 0 Å². The van der Waals surface area contributed by atoms with Crippen molar-refractivity contribution in [1.29, 1.82) is 0 Å². The first-order valence-electron chi connectivity index (χ1n) is 10.4. The summed E-state index contributed by atoms with van der Waals surface area (Å²) in [6.45, 7) is 4.47. The number of hydrogen-bond acceptors (Lipinski definition) is 3. The van der Waals surface area contributed by atoms with Crippen molar-refractivity contribution in [3.8, 4) is 5.75 Å². The summed E-state index contributed by atoms with van der Waals surface area (Å²) in [7, 11) is 0. The van der Waals surface area contributed by atoms with Crippen LogP contribution in [-0.2, 0) is 11.2 Å². The summed E-state index contributed by atoms with van der Waals surface area (Å²) in [5.41, 5.74) is 1.09. The lowest BCUT2D eigenvalue weighted by molar-refractivity contribution is -0.140. The Bertz CT molecular complexity index is 489. The number of esters is 1. The average Bonchev–Trinajstić information content (AvgIpc) is 2.64. The highest BCUT2D eigenvalue weighted by Gasteiger charge is 2.27. The number of aryl methyl sites for hydroxylation is 1. The third-order valence-corrected chi connectivity index (χ3v) is 5.43. The minimum absolute atomic E-state index is 0.0657. The molecule has 1 aliphatic carbocycles. The Morgan fingerprint density at radius 2 is 1.80 bits per heavy atom. The van der Waals surface area contributed by atoms with E-state index in [-0.39, 0.29) is 11.9 Å². The first-order chi connectivity index (χ1) is 12.2. The molecule has 1 fully saturated rings. The van der Waals surface area contributed by atoms with E-state index in [1.165, 1.54) is 57.8 Å². The number of carbonyl (C=O) groups is 1. The third kappa shape index (κ3) is 7.17. The van der Waals surface area contributed by atoms with Gasteiger partial charge in [-0.15, -0.1) is 0 Å². The van der Waals surface area contributed by atoms with Crippen LogP contribution in [0.25, 0.3) is 0 Å². The first-order valence-corrected chi connectivity index (χ1v) is 10.4. The molecule has 2 rings (SSSR count). The number of hydrogen-bond donors (Lipinski definition) is 0. The molecule has 1 heterocycles. The van der Waals surface area contributed by atoms with Crippen molar-refractivity contribution >= 4 is 5.97 Å². The molecular weight excluding hydrogens is 310 g/mol. The predicted molar refractivity (Wildman–Crippen MR) is 103 cm³/mol. The second-order valence-electron chi connectivity index (χ2n) is 7.58. The van der Waals surface area contributed by atoms with Gasteiger partial charge in [-0.3, -0.25) is 9.78 Å². The highest BCUT2D eigenvalue weighted by Crippen LogP contribution is 2.32. The van der Waals surface area contributed by atoms with Crippen LogP contribution >= 0.6 is 0 Å². The molecule has 1 saturated carbocycles. The number of aromatic nitrogens is 1. The van der Waals surface area contributed by atoms with Crippen LogP contribution < -0.4 is 4.74 Å². The molecule has 0 amide bonds. The molecule has 0 spiro atoms. The van der Waals surface area contributed by atoms with Gasteiger partial charge < -0.3 is 4.74 Å². The van der Waals surface area contributed by atoms with Crippen LogP contribution in [0.4, 0.5) is 0 Å². The maximum atomic E-state index is 12.3. The second kappa shape index (κ2) is 11.3. The fraction of sp³-hybridized carbons (Fsp3) is 0.727. The van der Waals surface area contributed by atoms with Gasteiger partial charge in [0.05, 0.1) is 12.1 Å². The van der Waals surface area contributed by atoms with Crippen molar-refractivity contribution in [2.24, 2.45) is 11.8 Å². The van der Waals surface area contributed by atoms with Crippen molar-refractivity contribution in [3.05, 3.63) is 24.0 Å². The molecule has 3 heteroatoms. The molecule has 0 aromatic carbocycles. The molecule has 0 unspecified atom stereocenters. The zero-order chi connectivity index (χ0) is 17.9. The lowest BCUT2D eigenvalue weighted by atomic mass is 9.80. The third-order valence-electron chi connectivity index (χ3n) is 5.43. The maximum absolute atomic E-state index is 12.3. The fourth-order valence-electron chi connectivity index (χ4n) is 3.82. The Labute approximate surface area is 153 Å². The Kier molecular flexibility index (Phi) is 8.99. The molecule has 1 aromatic rings. The van der Waals surface area contributed by atoms with E-state index in [1.54, 1.807) is 6.20 Å². The molecule has 1 aliphatic rings. The highest BCUT2D eigenvalue weighted by molar-refractivity contribution is 5.75. The van der Waals surface area contributed by atoms with Gasteiger partial charge in [0, 0.05) is 5.69 Å². The van der Waals surface area contributed by atoms with Gasteiger partial charge in [-0.1, -0.05) is 52.4 Å². The standard InChI is InChI=1S/C22H35NO2/c1-3-5-6-7-8-10-20-15-16-21(17-23-20)25-22(24)19-13-11-18(9-4-2)12-14-19/h15-19H,3-14H2,1-2H3/t18-,19-. The molecule has 0 radical (unpaired) electrons. The van der Waals surface area contributed by atoms with Gasteiger partial charge >= 0.3 is 5.97 Å². The fourth-order valence-corrected chi connectivity index (χ4v) is 3.82. The molecule has 0 N–H and O–H groups in total. The van der Waals surface area contributed by atoms with Crippen LogP contribution in [-0.4, -0.2) is 11.0 Å². The summed E-state index contributed by atoms with van der Waals surface area (Å²) in [6, 6.07) is 3.90. The minimum atomic E-state index is -0.0657. The summed E-state index contributed by atoms with van der Waals surface area (Å²) in [6.07, 6.45) is 15.9. The Morgan fingerprint density at radius 3 is 2.44 bits per heavy atom. The minimum Gasteiger partial charge on any atom is -0.425 e.